The molecule has 0 radical (unpaired) electrons. The number of aliphatic hydroxyl groups is 1. The molecule has 2 aliphatic rings. The standard InChI is InChI=1S/C22H25FO4.C21H23FO4.C21H21FO3.C11H13IO.C10H9FO2/c1-26-21(18-10-12-20(23)13-11-18)15-19(22(24)25)9-5-6-14-27-16-17-7-3-2-4-8-17;22-19-11-9-17(10-12-19)20(23)14-18(21(24)25)8-4-5-13-26-15-16-6-2-1-3-7-16;22-19-11-9-17(10-12-19)20-14-18(21(23)25-20)8-4-5-13-24-15-16-6-2-1-3-7-16;12-8-4-5-9-13-10-11-6-2-1-3-7-11;11-8-3-1-7(2-4-8)9-5-6-10(12)13-9/h2-8,10-13,19,21H,9,14-16H2,1H3,(H,24,25);1-7,9-12,18,20,23H,8,13-15H2,(H,24,25);1-7,9-12,18,20H,8,13-15H2;1-7H,8-10H2;1-4,9H,5-6H2/t19-,21+;2*18-,20+;;9-/m000.1/s1. The summed E-state index contributed by atoms with van der Waals surface area (Å²) in [6.07, 6.45) is 16.9. The van der Waals surface area contributed by atoms with E-state index in [1.165, 1.54) is 73.3 Å². The number of carbonyl (C=O) groups excluding carboxylic acids is 2. The molecule has 0 saturated carbocycles. The van der Waals surface area contributed by atoms with E-state index in [1.807, 2.05) is 133 Å². The van der Waals surface area contributed by atoms with Crippen LogP contribution in [-0.2, 0) is 78.8 Å². The van der Waals surface area contributed by atoms with Crippen molar-refractivity contribution in [3.8, 4) is 0 Å². The molecule has 2 fully saturated rings. The predicted molar refractivity (Wildman–Crippen MR) is 400 cm³/mol. The second-order valence-corrected chi connectivity index (χ2v) is 25.0. The van der Waals surface area contributed by atoms with Crippen molar-refractivity contribution in [2.75, 3.05) is 38.0 Å². The highest BCUT2D eigenvalue weighted by atomic mass is 127. The van der Waals surface area contributed by atoms with Crippen LogP contribution in [0, 0.1) is 41.0 Å². The number of aliphatic carboxylic acids is 2. The van der Waals surface area contributed by atoms with E-state index in [0.29, 0.717) is 103 Å². The van der Waals surface area contributed by atoms with Gasteiger partial charge in [-0.15, -0.1) is 0 Å². The van der Waals surface area contributed by atoms with Crippen LogP contribution in [0.15, 0.2) is 267 Å². The van der Waals surface area contributed by atoms with Gasteiger partial charge < -0.3 is 48.5 Å². The number of hydrogen-bond acceptors (Lipinski definition) is 12. The first-order chi connectivity index (χ1) is 50.6. The average Bonchev–Trinajstić information content (AvgIpc) is 1.69. The van der Waals surface area contributed by atoms with Crippen LogP contribution < -0.4 is 0 Å². The summed E-state index contributed by atoms with van der Waals surface area (Å²) >= 11 is 2.31. The van der Waals surface area contributed by atoms with Gasteiger partial charge in [0.1, 0.15) is 35.5 Å². The number of rotatable bonds is 34. The lowest BCUT2D eigenvalue weighted by Crippen LogP contribution is -2.17. The van der Waals surface area contributed by atoms with Crippen molar-refractivity contribution in [2.24, 2.45) is 17.8 Å². The number of hydrogen-bond donors (Lipinski definition) is 3. The van der Waals surface area contributed by atoms with E-state index in [9.17, 15) is 52.1 Å². The molecule has 104 heavy (non-hydrogen) atoms. The van der Waals surface area contributed by atoms with Gasteiger partial charge in [-0.2, -0.15) is 0 Å². The van der Waals surface area contributed by atoms with Crippen molar-refractivity contribution in [3.05, 3.63) is 335 Å². The Hall–Kier alpha value is -9.19. The molecule has 550 valence electrons. The van der Waals surface area contributed by atoms with Crippen molar-refractivity contribution in [1.82, 2.24) is 0 Å². The number of alkyl halides is 1. The lowest BCUT2D eigenvalue weighted by Gasteiger charge is -2.19. The zero-order valence-corrected chi connectivity index (χ0v) is 60.3. The molecule has 8 aromatic rings. The fourth-order valence-corrected chi connectivity index (χ4v) is 10.9. The van der Waals surface area contributed by atoms with Gasteiger partial charge >= 0.3 is 23.9 Å². The highest BCUT2D eigenvalue weighted by Crippen LogP contribution is 2.36. The molecular weight excluding hydrogens is 1450 g/mol. The number of carbonyl (C=O) groups is 4. The largest absolute Gasteiger partial charge is 0.481 e. The van der Waals surface area contributed by atoms with E-state index in [0.717, 1.165) is 37.8 Å². The molecule has 8 aromatic carbocycles. The highest BCUT2D eigenvalue weighted by Gasteiger charge is 2.34. The highest BCUT2D eigenvalue weighted by molar-refractivity contribution is 14.1. The predicted octanol–water partition coefficient (Wildman–Crippen LogP) is 18.9. The molecular formula is C85H91F4IO14. The van der Waals surface area contributed by atoms with Crippen LogP contribution in [-0.4, -0.2) is 77.2 Å². The van der Waals surface area contributed by atoms with Crippen molar-refractivity contribution < 1.29 is 85.2 Å². The van der Waals surface area contributed by atoms with E-state index in [1.54, 1.807) is 48.6 Å². The van der Waals surface area contributed by atoms with E-state index >= 15 is 0 Å². The Balaban J connectivity index is 0.000000210. The number of carboxylic acid groups (broad SMARTS) is 2. The van der Waals surface area contributed by atoms with Crippen LogP contribution in [0.5, 0.6) is 0 Å². The van der Waals surface area contributed by atoms with Gasteiger partial charge in [-0.1, -0.05) is 241 Å². The summed E-state index contributed by atoms with van der Waals surface area (Å²) in [6.45, 7) is 4.32. The number of allylic oxidation sites excluding steroid dienone is 4. The molecule has 0 bridgehead atoms. The fourth-order valence-electron chi connectivity index (χ4n) is 10.5. The Morgan fingerprint density at radius 3 is 1.21 bits per heavy atom. The molecule has 10 rings (SSSR count). The maximum Gasteiger partial charge on any atom is 0.310 e. The molecule has 7 atom stereocenters. The number of carboxylic acids is 2. The lowest BCUT2D eigenvalue weighted by atomic mass is 9.94. The van der Waals surface area contributed by atoms with Crippen LogP contribution >= 0.6 is 22.6 Å². The molecule has 14 nitrogen and oxygen atoms in total. The van der Waals surface area contributed by atoms with Gasteiger partial charge in [0.15, 0.2) is 0 Å². The Kier molecular flexibility index (Phi) is 39.8. The summed E-state index contributed by atoms with van der Waals surface area (Å²) in [6, 6.07) is 63.4. The number of esters is 2. The summed E-state index contributed by atoms with van der Waals surface area (Å²) in [7, 11) is 1.53. The first-order valence-corrected chi connectivity index (χ1v) is 35.8. The summed E-state index contributed by atoms with van der Waals surface area (Å²) in [5.74, 6) is -4.97. The third-order valence-corrected chi connectivity index (χ3v) is 16.8. The molecule has 2 heterocycles. The zero-order chi connectivity index (χ0) is 74.4. The summed E-state index contributed by atoms with van der Waals surface area (Å²) in [5.41, 5.74) is 7.51. The molecule has 0 amide bonds. The van der Waals surface area contributed by atoms with Gasteiger partial charge in [0.2, 0.25) is 0 Å². The number of benzene rings is 8. The summed E-state index contributed by atoms with van der Waals surface area (Å²) < 4.78 is 90.5. The Labute approximate surface area is 620 Å². The van der Waals surface area contributed by atoms with E-state index < -0.39 is 41.8 Å². The molecule has 19 heteroatoms. The molecule has 0 spiro atoms. The van der Waals surface area contributed by atoms with Crippen LogP contribution in [0.1, 0.15) is 120 Å². The third kappa shape index (κ3) is 33.9. The third-order valence-electron chi connectivity index (χ3n) is 16.3. The SMILES string of the molecule is CO[C@H](C[C@H](CC=CCOCc1ccccc1)C(=O)O)c1ccc(F)cc1.ICC=CCOCc1ccccc1.O=C(O)[C@@H](CC=CCOCc1ccccc1)C[C@@H](O)c1ccc(F)cc1.O=C1CC[C@H](c2ccc(F)cc2)O1.O=C1O[C@@H](c2ccc(F)cc2)C[C@@H]1CC=CCOCc1ccccc1. The number of ether oxygens (including phenoxy) is 7. The summed E-state index contributed by atoms with van der Waals surface area (Å²) in [4.78, 5) is 45.7. The van der Waals surface area contributed by atoms with Crippen molar-refractivity contribution in [2.45, 2.75) is 102 Å². The van der Waals surface area contributed by atoms with E-state index in [2.05, 4.69) is 46.9 Å². The van der Waals surface area contributed by atoms with Crippen molar-refractivity contribution >= 4 is 46.5 Å². The normalized spacial score (nSPS) is 15.8. The van der Waals surface area contributed by atoms with Gasteiger partial charge in [-0.05, 0) is 132 Å². The molecule has 0 aliphatic carbocycles. The smallest absolute Gasteiger partial charge is 0.310 e. The second kappa shape index (κ2) is 49.5. The second-order valence-electron chi connectivity index (χ2n) is 24.1. The fraction of sp³-hybridized carbons (Fsp3) is 0.294. The lowest BCUT2D eigenvalue weighted by molar-refractivity contribution is -0.145. The quantitative estimate of drug-likeness (QED) is 0.00861. The summed E-state index contributed by atoms with van der Waals surface area (Å²) in [5, 5.41) is 29.0. The minimum Gasteiger partial charge on any atom is -0.481 e. The monoisotopic (exact) mass is 1540 g/mol. The first-order valence-electron chi connectivity index (χ1n) is 34.3. The van der Waals surface area contributed by atoms with Gasteiger partial charge in [-0.25, -0.2) is 17.6 Å². The van der Waals surface area contributed by atoms with Gasteiger partial charge in [0, 0.05) is 24.4 Å². The number of halogens is 5. The minimum atomic E-state index is -0.971. The Morgan fingerprint density at radius 1 is 0.471 bits per heavy atom. The maximum absolute atomic E-state index is 13.1. The van der Waals surface area contributed by atoms with Crippen LogP contribution in [0.3, 0.4) is 0 Å². The Bertz CT molecular complexity index is 3810. The van der Waals surface area contributed by atoms with E-state index in [-0.39, 0.29) is 53.9 Å². The van der Waals surface area contributed by atoms with Gasteiger partial charge in [0.25, 0.3) is 0 Å². The molecule has 2 aliphatic heterocycles. The first kappa shape index (κ1) is 83.8. The molecule has 0 aromatic heterocycles. The topological polar surface area (TPSA) is 194 Å². The van der Waals surface area contributed by atoms with E-state index in [4.69, 9.17) is 33.2 Å². The molecule has 2 saturated heterocycles. The van der Waals surface area contributed by atoms with Crippen LogP contribution in [0.25, 0.3) is 0 Å². The Morgan fingerprint density at radius 2 is 0.837 bits per heavy atom. The molecule has 0 unspecified atom stereocenters. The van der Waals surface area contributed by atoms with Crippen molar-refractivity contribution in [1.29, 1.82) is 0 Å². The van der Waals surface area contributed by atoms with Crippen molar-refractivity contribution in [3.63, 3.8) is 0 Å². The number of aliphatic hydroxyl groups excluding tert-OH is 1. The zero-order valence-electron chi connectivity index (χ0n) is 58.2. The number of methoxy groups -OCH3 is 1. The van der Waals surface area contributed by atoms with Gasteiger partial charge in [-0.3, -0.25) is 19.2 Å². The average molecular weight is 1540 g/mol. The maximum atomic E-state index is 13.1. The van der Waals surface area contributed by atoms with Crippen LogP contribution in [0.4, 0.5) is 17.6 Å². The number of cyclic esters (lactones) is 2. The van der Waals surface area contributed by atoms with Gasteiger partial charge in [0.05, 0.1) is 82.8 Å². The van der Waals surface area contributed by atoms with Crippen LogP contribution in [0.2, 0.25) is 0 Å². The molecule has 3 N–H and O–H groups in total. The minimum absolute atomic E-state index is 0.0657.